The molecule has 1 atom stereocenters. The van der Waals surface area contributed by atoms with E-state index in [0.29, 0.717) is 18.8 Å². The molecule has 5 heteroatoms. The Morgan fingerprint density at radius 3 is 2.89 bits per heavy atom. The maximum atomic E-state index is 11.4. The van der Waals surface area contributed by atoms with Crippen molar-refractivity contribution in [3.63, 3.8) is 0 Å². The molecule has 1 aromatic rings. The zero-order valence-corrected chi connectivity index (χ0v) is 10.6. The van der Waals surface area contributed by atoms with Crippen LogP contribution in [0.1, 0.15) is 18.6 Å². The molecule has 1 aromatic carbocycles. The predicted octanol–water partition coefficient (Wildman–Crippen LogP) is 0.685. The van der Waals surface area contributed by atoms with Gasteiger partial charge in [-0.1, -0.05) is 6.07 Å². The molecule has 1 saturated heterocycles. The molecule has 0 radical (unpaired) electrons. The number of rotatable bonds is 3. The number of carbonyl (C=O) groups excluding carboxylic acids is 1. The van der Waals surface area contributed by atoms with Crippen molar-refractivity contribution in [2.45, 2.75) is 13.0 Å². The van der Waals surface area contributed by atoms with Crippen molar-refractivity contribution in [1.29, 1.82) is 0 Å². The SMILES string of the molecule is COc1cccc(N2CCNC(=O)C2)c1[C@H](C)O. The summed E-state index contributed by atoms with van der Waals surface area (Å²) in [6.45, 7) is 3.37. The van der Waals surface area contributed by atoms with E-state index in [1.54, 1.807) is 14.0 Å². The number of nitrogens with zero attached hydrogens (tertiary/aromatic N) is 1. The third-order valence-electron chi connectivity index (χ3n) is 3.06. The monoisotopic (exact) mass is 250 g/mol. The summed E-state index contributed by atoms with van der Waals surface area (Å²) in [5, 5.41) is 12.7. The number of benzene rings is 1. The number of ether oxygens (including phenoxy) is 1. The molecule has 0 aromatic heterocycles. The molecule has 0 bridgehead atoms. The van der Waals surface area contributed by atoms with Gasteiger partial charge in [-0.25, -0.2) is 0 Å². The van der Waals surface area contributed by atoms with Crippen LogP contribution in [-0.2, 0) is 4.79 Å². The van der Waals surface area contributed by atoms with Crippen LogP contribution < -0.4 is 15.0 Å². The summed E-state index contributed by atoms with van der Waals surface area (Å²) in [6.07, 6.45) is -0.638. The highest BCUT2D eigenvalue weighted by atomic mass is 16.5. The van der Waals surface area contributed by atoms with Crippen molar-refractivity contribution in [3.05, 3.63) is 23.8 Å². The Morgan fingerprint density at radius 1 is 1.50 bits per heavy atom. The third-order valence-corrected chi connectivity index (χ3v) is 3.06. The van der Waals surface area contributed by atoms with Gasteiger partial charge in [0.15, 0.2) is 0 Å². The fourth-order valence-electron chi connectivity index (χ4n) is 2.25. The van der Waals surface area contributed by atoms with Gasteiger partial charge >= 0.3 is 0 Å². The Labute approximate surface area is 106 Å². The first kappa shape index (κ1) is 12.7. The lowest BCUT2D eigenvalue weighted by Gasteiger charge is -2.31. The summed E-state index contributed by atoms with van der Waals surface area (Å²) in [5.41, 5.74) is 1.59. The van der Waals surface area contributed by atoms with Crippen LogP contribution in [0.25, 0.3) is 0 Å². The van der Waals surface area contributed by atoms with Gasteiger partial charge in [-0.2, -0.15) is 0 Å². The lowest BCUT2D eigenvalue weighted by Crippen LogP contribution is -2.48. The van der Waals surface area contributed by atoms with Gasteiger partial charge in [-0.15, -0.1) is 0 Å². The number of aliphatic hydroxyl groups excluding tert-OH is 1. The molecule has 1 fully saturated rings. The average Bonchev–Trinajstić information content (AvgIpc) is 2.37. The van der Waals surface area contributed by atoms with Crippen molar-refractivity contribution < 1.29 is 14.6 Å². The van der Waals surface area contributed by atoms with Crippen LogP contribution >= 0.6 is 0 Å². The molecule has 0 aliphatic carbocycles. The van der Waals surface area contributed by atoms with Gasteiger partial charge in [0.25, 0.3) is 0 Å². The topological polar surface area (TPSA) is 61.8 Å². The summed E-state index contributed by atoms with van der Waals surface area (Å²) in [6, 6.07) is 5.59. The van der Waals surface area contributed by atoms with Crippen LogP contribution in [0.15, 0.2) is 18.2 Å². The highest BCUT2D eigenvalue weighted by Gasteiger charge is 2.22. The van der Waals surface area contributed by atoms with Crippen LogP contribution in [0.2, 0.25) is 0 Å². The first-order valence-electron chi connectivity index (χ1n) is 6.00. The molecule has 0 unspecified atom stereocenters. The number of hydrogen-bond acceptors (Lipinski definition) is 4. The molecule has 1 aliphatic rings. The van der Waals surface area contributed by atoms with Crippen molar-refractivity contribution in [3.8, 4) is 5.75 Å². The number of aliphatic hydroxyl groups is 1. The number of piperazine rings is 1. The Balaban J connectivity index is 2.39. The second kappa shape index (κ2) is 5.27. The standard InChI is InChI=1S/C13H18N2O3/c1-9(16)13-10(4-3-5-11(13)18-2)15-7-6-14-12(17)8-15/h3-5,9,16H,6-8H2,1-2H3,(H,14,17)/t9-/m0/s1. The highest BCUT2D eigenvalue weighted by molar-refractivity contribution is 5.83. The van der Waals surface area contributed by atoms with E-state index >= 15 is 0 Å². The first-order valence-corrected chi connectivity index (χ1v) is 6.00. The number of hydrogen-bond donors (Lipinski definition) is 2. The van der Waals surface area contributed by atoms with Crippen LogP contribution in [-0.4, -0.2) is 37.8 Å². The lowest BCUT2D eigenvalue weighted by atomic mass is 10.1. The summed E-state index contributed by atoms with van der Waals surface area (Å²) in [4.78, 5) is 13.4. The molecule has 1 aliphatic heterocycles. The third kappa shape index (κ3) is 2.41. The number of anilines is 1. The zero-order chi connectivity index (χ0) is 13.1. The summed E-state index contributed by atoms with van der Waals surface area (Å²) in [7, 11) is 1.58. The molecule has 5 nitrogen and oxygen atoms in total. The Bertz CT molecular complexity index is 446. The predicted molar refractivity (Wildman–Crippen MR) is 68.9 cm³/mol. The number of carbonyl (C=O) groups is 1. The quantitative estimate of drug-likeness (QED) is 0.828. The van der Waals surface area contributed by atoms with Crippen molar-refractivity contribution in [2.75, 3.05) is 31.6 Å². The van der Waals surface area contributed by atoms with E-state index < -0.39 is 6.10 Å². The maximum absolute atomic E-state index is 11.4. The van der Waals surface area contributed by atoms with Gasteiger partial charge in [0.05, 0.1) is 19.8 Å². The van der Waals surface area contributed by atoms with Gasteiger partial charge in [0.2, 0.25) is 5.91 Å². The van der Waals surface area contributed by atoms with E-state index in [1.807, 2.05) is 23.1 Å². The van der Waals surface area contributed by atoms with Crippen molar-refractivity contribution in [2.24, 2.45) is 0 Å². The maximum Gasteiger partial charge on any atom is 0.239 e. The van der Waals surface area contributed by atoms with Crippen molar-refractivity contribution >= 4 is 11.6 Å². The summed E-state index contributed by atoms with van der Waals surface area (Å²) < 4.78 is 5.28. The van der Waals surface area contributed by atoms with E-state index in [0.717, 1.165) is 17.8 Å². The molecule has 0 saturated carbocycles. The number of nitrogens with one attached hydrogen (secondary N) is 1. The second-order valence-corrected chi connectivity index (χ2v) is 4.34. The number of amides is 1. The minimum atomic E-state index is -0.638. The van der Waals surface area contributed by atoms with E-state index in [9.17, 15) is 9.90 Å². The fraction of sp³-hybridized carbons (Fsp3) is 0.462. The largest absolute Gasteiger partial charge is 0.496 e. The fourth-order valence-corrected chi connectivity index (χ4v) is 2.25. The van der Waals surface area contributed by atoms with Gasteiger partial charge in [-0.05, 0) is 19.1 Å². The molecule has 1 amide bonds. The highest BCUT2D eigenvalue weighted by Crippen LogP contribution is 2.34. The molecule has 18 heavy (non-hydrogen) atoms. The molecule has 2 rings (SSSR count). The van der Waals surface area contributed by atoms with Gasteiger partial charge < -0.3 is 20.1 Å². The number of methoxy groups -OCH3 is 1. The summed E-state index contributed by atoms with van der Waals surface area (Å²) >= 11 is 0. The van der Waals surface area contributed by atoms with Crippen molar-refractivity contribution in [1.82, 2.24) is 5.32 Å². The molecular formula is C13H18N2O3. The van der Waals surface area contributed by atoms with E-state index in [1.165, 1.54) is 0 Å². The smallest absolute Gasteiger partial charge is 0.239 e. The van der Waals surface area contributed by atoms with E-state index in [-0.39, 0.29) is 5.91 Å². The minimum Gasteiger partial charge on any atom is -0.496 e. The van der Waals surface area contributed by atoms with Gasteiger partial charge in [0.1, 0.15) is 5.75 Å². The van der Waals surface area contributed by atoms with Crippen LogP contribution in [0, 0.1) is 0 Å². The van der Waals surface area contributed by atoms with Crippen LogP contribution in [0.3, 0.4) is 0 Å². The average molecular weight is 250 g/mol. The molecule has 0 spiro atoms. The van der Waals surface area contributed by atoms with Gasteiger partial charge in [-0.3, -0.25) is 4.79 Å². The van der Waals surface area contributed by atoms with Crippen LogP contribution in [0.5, 0.6) is 5.75 Å². The minimum absolute atomic E-state index is 0.000567. The first-order chi connectivity index (χ1) is 8.63. The molecule has 1 heterocycles. The second-order valence-electron chi connectivity index (χ2n) is 4.34. The lowest BCUT2D eigenvalue weighted by molar-refractivity contribution is -0.120. The Morgan fingerprint density at radius 2 is 2.28 bits per heavy atom. The van der Waals surface area contributed by atoms with Crippen LogP contribution in [0.4, 0.5) is 5.69 Å². The molecule has 98 valence electrons. The molecule has 2 N–H and O–H groups in total. The normalized spacial score (nSPS) is 17.3. The Hall–Kier alpha value is -1.75. The zero-order valence-electron chi connectivity index (χ0n) is 10.6. The van der Waals surface area contributed by atoms with E-state index in [4.69, 9.17) is 4.74 Å². The molecular weight excluding hydrogens is 232 g/mol. The van der Waals surface area contributed by atoms with E-state index in [2.05, 4.69) is 5.32 Å². The Kier molecular flexibility index (Phi) is 3.72. The van der Waals surface area contributed by atoms with Gasteiger partial charge in [0, 0.05) is 24.3 Å². The summed E-state index contributed by atoms with van der Waals surface area (Å²) in [5.74, 6) is 0.647.